The summed E-state index contributed by atoms with van der Waals surface area (Å²) in [5, 5.41) is 3.57. The van der Waals surface area contributed by atoms with E-state index in [-0.39, 0.29) is 0 Å². The van der Waals surface area contributed by atoms with Gasteiger partial charge in [-0.25, -0.2) is 0 Å². The molecule has 1 aliphatic heterocycles. The molecule has 1 N–H and O–H groups in total. The third kappa shape index (κ3) is 3.99. The number of hydrogen-bond donors (Lipinski definition) is 1. The van der Waals surface area contributed by atoms with E-state index in [1.807, 2.05) is 0 Å². The molecule has 1 heterocycles. The Hall–Kier alpha value is -1.02. The Bertz CT molecular complexity index is 437. The van der Waals surface area contributed by atoms with Crippen molar-refractivity contribution in [3.63, 3.8) is 0 Å². The summed E-state index contributed by atoms with van der Waals surface area (Å²) in [6.45, 7) is 13.7. The second kappa shape index (κ2) is 6.62. The van der Waals surface area contributed by atoms with Crippen LogP contribution in [0.15, 0.2) is 18.2 Å². The van der Waals surface area contributed by atoms with Crippen LogP contribution in [-0.2, 0) is 6.42 Å². The van der Waals surface area contributed by atoms with Crippen molar-refractivity contribution in [3.05, 3.63) is 29.3 Å². The van der Waals surface area contributed by atoms with Crippen LogP contribution in [0.3, 0.4) is 0 Å². The van der Waals surface area contributed by atoms with Crippen molar-refractivity contribution < 1.29 is 0 Å². The molecule has 0 unspecified atom stereocenters. The van der Waals surface area contributed by atoms with Crippen LogP contribution in [0.1, 0.15) is 44.7 Å². The lowest BCUT2D eigenvalue weighted by Crippen LogP contribution is -2.42. The Morgan fingerprint density at radius 2 is 2.10 bits per heavy atom. The number of nitrogens with one attached hydrogen (secondary N) is 1. The molecule has 0 atom stereocenters. The van der Waals surface area contributed by atoms with E-state index in [2.05, 4.69) is 56.1 Å². The monoisotopic (exact) mass is 274 g/mol. The van der Waals surface area contributed by atoms with Crippen LogP contribution < -0.4 is 10.2 Å². The van der Waals surface area contributed by atoms with Crippen LogP contribution in [0.4, 0.5) is 5.69 Å². The van der Waals surface area contributed by atoms with Gasteiger partial charge in [0.2, 0.25) is 0 Å². The number of fused-ring (bicyclic) bond motifs is 1. The van der Waals surface area contributed by atoms with E-state index < -0.39 is 0 Å². The van der Waals surface area contributed by atoms with Crippen LogP contribution in [0.25, 0.3) is 0 Å². The third-order valence-electron chi connectivity index (χ3n) is 4.10. The Morgan fingerprint density at radius 3 is 2.85 bits per heavy atom. The molecule has 1 aromatic rings. The Kier molecular flexibility index (Phi) is 5.09. The smallest absolute Gasteiger partial charge is 0.0399 e. The van der Waals surface area contributed by atoms with Crippen molar-refractivity contribution in [1.29, 1.82) is 0 Å². The molecule has 1 aliphatic rings. The summed E-state index contributed by atoms with van der Waals surface area (Å²) in [6, 6.07) is 6.93. The van der Waals surface area contributed by atoms with E-state index in [1.54, 1.807) is 0 Å². The normalized spacial score (nSPS) is 15.3. The van der Waals surface area contributed by atoms with Gasteiger partial charge >= 0.3 is 0 Å². The predicted octanol–water partition coefficient (Wildman–Crippen LogP) is 3.77. The van der Waals surface area contributed by atoms with E-state index >= 15 is 0 Å². The molecule has 0 amide bonds. The molecule has 0 radical (unpaired) electrons. The summed E-state index contributed by atoms with van der Waals surface area (Å²) >= 11 is 0. The van der Waals surface area contributed by atoms with Crippen molar-refractivity contribution in [2.45, 2.75) is 47.0 Å². The average Bonchev–Trinajstić information content (AvgIpc) is 2.38. The van der Waals surface area contributed by atoms with Gasteiger partial charge in [0.05, 0.1) is 0 Å². The van der Waals surface area contributed by atoms with Crippen LogP contribution in [0, 0.1) is 12.3 Å². The van der Waals surface area contributed by atoms with E-state index in [4.69, 9.17) is 0 Å². The van der Waals surface area contributed by atoms with Crippen LogP contribution in [-0.4, -0.2) is 26.2 Å². The second-order valence-electron chi connectivity index (χ2n) is 7.00. The highest BCUT2D eigenvalue weighted by molar-refractivity contribution is 5.56. The van der Waals surface area contributed by atoms with Crippen LogP contribution in [0.2, 0.25) is 0 Å². The molecule has 20 heavy (non-hydrogen) atoms. The quantitative estimate of drug-likeness (QED) is 0.794. The SMILES string of the molecule is CCCNCC(C)(C)CN1CCCc2cc(C)ccc21. The lowest BCUT2D eigenvalue weighted by Gasteiger charge is -2.38. The van der Waals surface area contributed by atoms with Crippen LogP contribution in [0.5, 0.6) is 0 Å². The van der Waals surface area contributed by atoms with Gasteiger partial charge in [0.15, 0.2) is 0 Å². The molecule has 0 fully saturated rings. The summed E-state index contributed by atoms with van der Waals surface area (Å²) in [7, 11) is 0. The zero-order valence-electron chi connectivity index (χ0n) is 13.6. The number of anilines is 1. The van der Waals surface area contributed by atoms with E-state index in [9.17, 15) is 0 Å². The predicted molar refractivity (Wildman–Crippen MR) is 88.7 cm³/mol. The molecular weight excluding hydrogens is 244 g/mol. The molecule has 2 heteroatoms. The molecule has 0 aliphatic carbocycles. The first-order valence-electron chi connectivity index (χ1n) is 8.07. The third-order valence-corrected chi connectivity index (χ3v) is 4.10. The maximum absolute atomic E-state index is 3.57. The zero-order valence-corrected chi connectivity index (χ0v) is 13.6. The van der Waals surface area contributed by atoms with Gasteiger partial charge in [0, 0.05) is 25.3 Å². The fourth-order valence-electron chi connectivity index (χ4n) is 3.14. The van der Waals surface area contributed by atoms with Crippen molar-refractivity contribution in [2.75, 3.05) is 31.1 Å². The van der Waals surface area contributed by atoms with Gasteiger partial charge in [-0.1, -0.05) is 38.5 Å². The summed E-state index contributed by atoms with van der Waals surface area (Å²) in [5.74, 6) is 0. The molecule has 2 nitrogen and oxygen atoms in total. The van der Waals surface area contributed by atoms with Gasteiger partial charge in [0.1, 0.15) is 0 Å². The van der Waals surface area contributed by atoms with E-state index in [0.717, 1.165) is 19.6 Å². The lowest BCUT2D eigenvalue weighted by atomic mass is 9.90. The minimum absolute atomic E-state index is 0.314. The van der Waals surface area contributed by atoms with Crippen molar-refractivity contribution >= 4 is 5.69 Å². The van der Waals surface area contributed by atoms with Gasteiger partial charge in [0.25, 0.3) is 0 Å². The molecular formula is C18H30N2. The molecule has 0 saturated heterocycles. The number of hydrogen-bond acceptors (Lipinski definition) is 2. The molecule has 112 valence electrons. The molecule has 1 aromatic carbocycles. The number of nitrogens with zero attached hydrogens (tertiary/aromatic N) is 1. The average molecular weight is 274 g/mol. The number of rotatable bonds is 6. The van der Waals surface area contributed by atoms with Crippen molar-refractivity contribution in [1.82, 2.24) is 5.32 Å². The standard InChI is InChI=1S/C18H30N2/c1-5-10-19-13-18(3,4)14-20-11-6-7-16-12-15(2)8-9-17(16)20/h8-9,12,19H,5-7,10-11,13-14H2,1-4H3. The Balaban J connectivity index is 2.04. The Morgan fingerprint density at radius 1 is 1.30 bits per heavy atom. The van der Waals surface area contributed by atoms with Gasteiger partial charge in [-0.05, 0) is 49.8 Å². The number of benzene rings is 1. The lowest BCUT2D eigenvalue weighted by molar-refractivity contribution is 0.339. The maximum Gasteiger partial charge on any atom is 0.0399 e. The van der Waals surface area contributed by atoms with E-state index in [0.29, 0.717) is 5.41 Å². The Labute approximate surface area is 124 Å². The summed E-state index contributed by atoms with van der Waals surface area (Å²) in [4.78, 5) is 2.59. The zero-order chi connectivity index (χ0) is 14.6. The molecule has 0 saturated carbocycles. The van der Waals surface area contributed by atoms with Gasteiger partial charge in [-0.3, -0.25) is 0 Å². The van der Waals surface area contributed by atoms with Crippen molar-refractivity contribution in [2.24, 2.45) is 5.41 Å². The first kappa shape index (κ1) is 15.4. The summed E-state index contributed by atoms with van der Waals surface area (Å²) < 4.78 is 0. The fourth-order valence-corrected chi connectivity index (χ4v) is 3.14. The van der Waals surface area contributed by atoms with Crippen LogP contribution >= 0.6 is 0 Å². The summed E-state index contributed by atoms with van der Waals surface area (Å²) in [5.41, 5.74) is 4.70. The van der Waals surface area contributed by atoms with Gasteiger partial charge in [-0.2, -0.15) is 0 Å². The fraction of sp³-hybridized carbons (Fsp3) is 0.667. The van der Waals surface area contributed by atoms with Crippen molar-refractivity contribution in [3.8, 4) is 0 Å². The highest BCUT2D eigenvalue weighted by Crippen LogP contribution is 2.30. The largest absolute Gasteiger partial charge is 0.371 e. The van der Waals surface area contributed by atoms with Gasteiger partial charge in [-0.15, -0.1) is 0 Å². The number of aryl methyl sites for hydroxylation is 2. The topological polar surface area (TPSA) is 15.3 Å². The highest BCUT2D eigenvalue weighted by atomic mass is 15.1. The van der Waals surface area contributed by atoms with Gasteiger partial charge < -0.3 is 10.2 Å². The van der Waals surface area contributed by atoms with E-state index in [1.165, 1.54) is 42.6 Å². The minimum atomic E-state index is 0.314. The molecule has 2 rings (SSSR count). The molecule has 0 bridgehead atoms. The maximum atomic E-state index is 3.57. The molecule has 0 spiro atoms. The highest BCUT2D eigenvalue weighted by Gasteiger charge is 2.24. The first-order chi connectivity index (χ1) is 9.52. The molecule has 0 aromatic heterocycles. The second-order valence-corrected chi connectivity index (χ2v) is 7.00. The minimum Gasteiger partial charge on any atom is -0.371 e. The first-order valence-corrected chi connectivity index (χ1v) is 8.07. The summed E-state index contributed by atoms with van der Waals surface area (Å²) in [6.07, 6.45) is 3.73.